The molecular formula is C19H20N2O5. The maximum Gasteiger partial charge on any atom is 0.325 e. The van der Waals surface area contributed by atoms with Crippen LogP contribution in [0, 0.1) is 0 Å². The van der Waals surface area contributed by atoms with Gasteiger partial charge in [0.1, 0.15) is 12.3 Å². The largest absolute Gasteiger partial charge is 0.497 e. The first kappa shape index (κ1) is 19.0. The standard InChI is InChI=1S/C19H20N2O5/c1-25-16-9-7-14(8-10-16)11-20-17(22)13-26-18(23)12-21-19(24)15-5-3-2-4-6-15/h2-10H,11-13H2,1H3,(H,20,22)(H,21,24). The first-order valence-corrected chi connectivity index (χ1v) is 7.97. The van der Waals surface area contributed by atoms with Crippen molar-refractivity contribution in [2.75, 3.05) is 20.3 Å². The Balaban J connectivity index is 1.65. The summed E-state index contributed by atoms with van der Waals surface area (Å²) in [6, 6.07) is 15.7. The van der Waals surface area contributed by atoms with Gasteiger partial charge in [0, 0.05) is 12.1 Å². The minimum absolute atomic E-state index is 0.306. The zero-order valence-electron chi connectivity index (χ0n) is 14.4. The van der Waals surface area contributed by atoms with Crippen molar-refractivity contribution in [2.45, 2.75) is 6.54 Å². The number of rotatable bonds is 8. The molecule has 0 aliphatic carbocycles. The van der Waals surface area contributed by atoms with Gasteiger partial charge in [-0.05, 0) is 29.8 Å². The molecule has 0 bridgehead atoms. The molecule has 2 N–H and O–H groups in total. The molecule has 26 heavy (non-hydrogen) atoms. The van der Waals surface area contributed by atoms with E-state index in [1.807, 2.05) is 12.1 Å². The number of carbonyl (C=O) groups excluding carboxylic acids is 3. The van der Waals surface area contributed by atoms with Crippen LogP contribution in [-0.4, -0.2) is 38.0 Å². The lowest BCUT2D eigenvalue weighted by molar-refractivity contribution is -0.147. The number of benzene rings is 2. The third-order valence-electron chi connectivity index (χ3n) is 3.44. The molecule has 2 aromatic carbocycles. The Kier molecular flexibility index (Phi) is 7.17. The van der Waals surface area contributed by atoms with Crippen LogP contribution >= 0.6 is 0 Å². The fourth-order valence-corrected chi connectivity index (χ4v) is 2.04. The van der Waals surface area contributed by atoms with Crippen LogP contribution in [-0.2, 0) is 20.9 Å². The van der Waals surface area contributed by atoms with Gasteiger partial charge in [0.15, 0.2) is 6.61 Å². The van der Waals surface area contributed by atoms with Gasteiger partial charge in [-0.25, -0.2) is 0 Å². The van der Waals surface area contributed by atoms with Crippen molar-refractivity contribution in [3.63, 3.8) is 0 Å². The molecule has 0 atom stereocenters. The van der Waals surface area contributed by atoms with Gasteiger partial charge in [-0.2, -0.15) is 0 Å². The molecule has 0 spiro atoms. The summed E-state index contributed by atoms with van der Waals surface area (Å²) in [6.45, 7) is -0.402. The van der Waals surface area contributed by atoms with Crippen LogP contribution < -0.4 is 15.4 Å². The van der Waals surface area contributed by atoms with E-state index in [1.54, 1.807) is 49.6 Å². The number of carbonyl (C=O) groups is 3. The number of ether oxygens (including phenoxy) is 2. The fraction of sp³-hybridized carbons (Fsp3) is 0.211. The molecule has 0 saturated carbocycles. The van der Waals surface area contributed by atoms with E-state index in [9.17, 15) is 14.4 Å². The van der Waals surface area contributed by atoms with E-state index >= 15 is 0 Å². The summed E-state index contributed by atoms with van der Waals surface area (Å²) < 4.78 is 9.88. The summed E-state index contributed by atoms with van der Waals surface area (Å²) in [6.07, 6.45) is 0. The van der Waals surface area contributed by atoms with Gasteiger partial charge in [-0.3, -0.25) is 14.4 Å². The van der Waals surface area contributed by atoms with E-state index in [1.165, 1.54) is 0 Å². The monoisotopic (exact) mass is 356 g/mol. The number of hydrogen-bond acceptors (Lipinski definition) is 5. The molecule has 0 unspecified atom stereocenters. The molecule has 0 aliphatic rings. The van der Waals surface area contributed by atoms with Gasteiger partial charge < -0.3 is 20.1 Å². The third-order valence-corrected chi connectivity index (χ3v) is 3.44. The fourth-order valence-electron chi connectivity index (χ4n) is 2.04. The summed E-state index contributed by atoms with van der Waals surface area (Å²) >= 11 is 0. The van der Waals surface area contributed by atoms with Gasteiger partial charge in [0.2, 0.25) is 0 Å². The van der Waals surface area contributed by atoms with Crippen LogP contribution in [0.3, 0.4) is 0 Å². The molecule has 7 nitrogen and oxygen atoms in total. The van der Waals surface area contributed by atoms with E-state index in [4.69, 9.17) is 9.47 Å². The highest BCUT2D eigenvalue weighted by atomic mass is 16.5. The summed E-state index contributed by atoms with van der Waals surface area (Å²) in [5.41, 5.74) is 1.33. The molecule has 0 fully saturated rings. The van der Waals surface area contributed by atoms with E-state index in [-0.39, 0.29) is 12.5 Å². The highest BCUT2D eigenvalue weighted by Crippen LogP contribution is 2.10. The van der Waals surface area contributed by atoms with Crippen molar-refractivity contribution < 1.29 is 23.9 Å². The van der Waals surface area contributed by atoms with E-state index < -0.39 is 18.5 Å². The van der Waals surface area contributed by atoms with Gasteiger partial charge in [0.05, 0.1) is 7.11 Å². The van der Waals surface area contributed by atoms with Crippen molar-refractivity contribution >= 4 is 17.8 Å². The highest BCUT2D eigenvalue weighted by Gasteiger charge is 2.10. The normalized spacial score (nSPS) is 9.88. The minimum atomic E-state index is -0.686. The van der Waals surface area contributed by atoms with Crippen LogP contribution in [0.2, 0.25) is 0 Å². The first-order valence-electron chi connectivity index (χ1n) is 7.97. The van der Waals surface area contributed by atoms with Crippen molar-refractivity contribution in [2.24, 2.45) is 0 Å². The molecule has 2 rings (SSSR count). The molecule has 0 saturated heterocycles. The summed E-state index contributed by atoms with van der Waals surface area (Å²) in [4.78, 5) is 35.1. The van der Waals surface area contributed by atoms with Crippen LogP contribution in [0.1, 0.15) is 15.9 Å². The number of esters is 1. The topological polar surface area (TPSA) is 93.7 Å². The second-order valence-corrected chi connectivity index (χ2v) is 5.33. The van der Waals surface area contributed by atoms with Crippen LogP contribution in [0.25, 0.3) is 0 Å². The third kappa shape index (κ3) is 6.27. The Hall–Kier alpha value is -3.35. The maximum atomic E-state index is 11.8. The van der Waals surface area contributed by atoms with Gasteiger partial charge in [-0.15, -0.1) is 0 Å². The molecule has 7 heteroatoms. The quantitative estimate of drug-likeness (QED) is 0.695. The second kappa shape index (κ2) is 9.83. The Labute approximate surface area is 151 Å². The van der Waals surface area contributed by atoms with Crippen LogP contribution in [0.15, 0.2) is 54.6 Å². The zero-order valence-corrected chi connectivity index (χ0v) is 14.4. The predicted molar refractivity (Wildman–Crippen MR) is 94.6 cm³/mol. The average molecular weight is 356 g/mol. The summed E-state index contributed by atoms with van der Waals surface area (Å²) in [5.74, 6) is -0.768. The van der Waals surface area contributed by atoms with Gasteiger partial charge in [-0.1, -0.05) is 30.3 Å². The second-order valence-electron chi connectivity index (χ2n) is 5.33. The molecule has 2 aromatic rings. The van der Waals surface area contributed by atoms with Gasteiger partial charge >= 0.3 is 5.97 Å². The number of nitrogens with one attached hydrogen (secondary N) is 2. The molecule has 2 amide bonds. The van der Waals surface area contributed by atoms with Crippen molar-refractivity contribution in [1.82, 2.24) is 10.6 Å². The Morgan fingerprint density at radius 1 is 0.923 bits per heavy atom. The average Bonchev–Trinajstić information content (AvgIpc) is 2.69. The molecule has 0 heterocycles. The molecule has 136 valence electrons. The lowest BCUT2D eigenvalue weighted by Crippen LogP contribution is -2.33. The SMILES string of the molecule is COc1ccc(CNC(=O)COC(=O)CNC(=O)c2ccccc2)cc1. The molecule has 0 aromatic heterocycles. The lowest BCUT2D eigenvalue weighted by atomic mass is 10.2. The minimum Gasteiger partial charge on any atom is -0.497 e. The Bertz CT molecular complexity index is 744. The number of amides is 2. The van der Waals surface area contributed by atoms with Crippen LogP contribution in [0.4, 0.5) is 0 Å². The van der Waals surface area contributed by atoms with Crippen LogP contribution in [0.5, 0.6) is 5.75 Å². The highest BCUT2D eigenvalue weighted by molar-refractivity contribution is 5.96. The first-order chi connectivity index (χ1) is 12.6. The summed E-state index contributed by atoms with van der Waals surface area (Å²) in [7, 11) is 1.58. The zero-order chi connectivity index (χ0) is 18.8. The Morgan fingerprint density at radius 3 is 2.27 bits per heavy atom. The lowest BCUT2D eigenvalue weighted by Gasteiger charge is -2.08. The van der Waals surface area contributed by atoms with Crippen molar-refractivity contribution in [3.05, 3.63) is 65.7 Å². The predicted octanol–water partition coefficient (Wildman–Crippen LogP) is 1.28. The maximum absolute atomic E-state index is 11.8. The van der Waals surface area contributed by atoms with Gasteiger partial charge in [0.25, 0.3) is 11.8 Å². The summed E-state index contributed by atoms with van der Waals surface area (Å²) in [5, 5.41) is 5.07. The van der Waals surface area contributed by atoms with Crippen molar-refractivity contribution in [1.29, 1.82) is 0 Å². The Morgan fingerprint density at radius 2 is 1.62 bits per heavy atom. The molecule has 0 radical (unpaired) electrons. The van der Waals surface area contributed by atoms with E-state index in [2.05, 4.69) is 10.6 Å². The van der Waals surface area contributed by atoms with E-state index in [0.29, 0.717) is 12.1 Å². The molecular weight excluding hydrogens is 336 g/mol. The van der Waals surface area contributed by atoms with Crippen molar-refractivity contribution in [3.8, 4) is 5.75 Å². The number of methoxy groups -OCH3 is 1. The van der Waals surface area contributed by atoms with E-state index in [0.717, 1.165) is 11.3 Å². The molecule has 0 aliphatic heterocycles. The number of hydrogen-bond donors (Lipinski definition) is 2. The smallest absolute Gasteiger partial charge is 0.325 e.